The summed E-state index contributed by atoms with van der Waals surface area (Å²) in [5, 5.41) is 10.5. The third-order valence-electron chi connectivity index (χ3n) is 15.0. The number of phosphoric ester groups is 2. The lowest BCUT2D eigenvalue weighted by atomic mass is 10.0. The molecule has 0 heterocycles. The molecule has 0 aromatic rings. The normalized spacial score (nSPS) is 14.3. The second kappa shape index (κ2) is 57.5. The van der Waals surface area contributed by atoms with Crippen LogP contribution in [0.25, 0.3) is 0 Å². The van der Waals surface area contributed by atoms with Gasteiger partial charge in [0.2, 0.25) is 0 Å². The summed E-state index contributed by atoms with van der Waals surface area (Å²) < 4.78 is 67.8. The fourth-order valence-corrected chi connectivity index (χ4v) is 11.3. The monoisotopic (exact) mass is 1240 g/mol. The molecule has 0 rings (SSSR count). The number of unbranched alkanes of at least 4 members (excludes halogenated alkanes) is 34. The van der Waals surface area contributed by atoms with Crippen LogP contribution >= 0.6 is 15.6 Å². The molecule has 0 aliphatic rings. The van der Waals surface area contributed by atoms with Crippen molar-refractivity contribution in [1.82, 2.24) is 0 Å². The van der Waals surface area contributed by atoms with Gasteiger partial charge in [-0.1, -0.05) is 273 Å². The zero-order chi connectivity index (χ0) is 62.2. The van der Waals surface area contributed by atoms with Gasteiger partial charge in [-0.2, -0.15) is 0 Å². The van der Waals surface area contributed by atoms with Gasteiger partial charge in [0, 0.05) is 25.7 Å². The van der Waals surface area contributed by atoms with Gasteiger partial charge in [0.1, 0.15) is 19.3 Å². The van der Waals surface area contributed by atoms with Crippen molar-refractivity contribution in [3.8, 4) is 0 Å². The van der Waals surface area contributed by atoms with Gasteiger partial charge in [-0.3, -0.25) is 37.3 Å². The first kappa shape index (κ1) is 82.1. The van der Waals surface area contributed by atoms with Crippen LogP contribution in [-0.2, 0) is 65.4 Å². The maximum Gasteiger partial charge on any atom is 0.472 e. The number of rotatable bonds is 64. The van der Waals surface area contributed by atoms with Crippen molar-refractivity contribution in [1.29, 1.82) is 0 Å². The van der Waals surface area contributed by atoms with Gasteiger partial charge in [0.25, 0.3) is 0 Å². The molecule has 17 nitrogen and oxygen atoms in total. The molecular formula is C65H126O17P2. The van der Waals surface area contributed by atoms with Gasteiger partial charge in [0.15, 0.2) is 12.2 Å². The lowest BCUT2D eigenvalue weighted by molar-refractivity contribution is -0.161. The molecule has 498 valence electrons. The number of aliphatic hydroxyl groups excluding tert-OH is 1. The lowest BCUT2D eigenvalue weighted by Crippen LogP contribution is -2.30. The topological polar surface area (TPSA) is 237 Å². The highest BCUT2D eigenvalue weighted by atomic mass is 31.2. The minimum Gasteiger partial charge on any atom is -0.462 e. The highest BCUT2D eigenvalue weighted by Gasteiger charge is 2.30. The van der Waals surface area contributed by atoms with E-state index in [1.165, 1.54) is 128 Å². The number of esters is 4. The van der Waals surface area contributed by atoms with Gasteiger partial charge in [-0.25, -0.2) is 9.13 Å². The standard InChI is InChI=1S/C65H126O17P2/c1-7-9-11-13-14-30-37-43-49-64(69)81-60(53-75-62(67)47-41-33-12-10-8-2)55-79-83(71,72)77-51-59(66)52-78-84(73,74)80-56-61(54-76-63(68)48-42-36-31-26-22-19-18-21-25-29-35-40-46-58(5)6)82-65(70)50-44-38-32-27-23-17-15-16-20-24-28-34-39-45-57(3)4/h57-61,66H,7-56H2,1-6H3,(H,71,72)(H,73,74)/t59-,60+,61+/m0/s1. The summed E-state index contributed by atoms with van der Waals surface area (Å²) in [4.78, 5) is 71.9. The predicted octanol–water partition coefficient (Wildman–Crippen LogP) is 18.0. The molecule has 5 atom stereocenters. The molecule has 0 saturated heterocycles. The van der Waals surface area contributed by atoms with E-state index in [-0.39, 0.29) is 25.7 Å². The molecule has 0 bridgehead atoms. The third-order valence-corrected chi connectivity index (χ3v) is 16.9. The van der Waals surface area contributed by atoms with E-state index in [9.17, 15) is 43.2 Å². The molecule has 0 saturated carbocycles. The summed E-state index contributed by atoms with van der Waals surface area (Å²) >= 11 is 0. The second-order valence-corrected chi connectivity index (χ2v) is 27.4. The van der Waals surface area contributed by atoms with Crippen LogP contribution in [-0.4, -0.2) is 96.7 Å². The Bertz CT molecular complexity index is 1650. The van der Waals surface area contributed by atoms with E-state index >= 15 is 0 Å². The molecule has 2 unspecified atom stereocenters. The molecule has 0 aromatic heterocycles. The summed E-state index contributed by atoms with van der Waals surface area (Å²) in [5.74, 6) is -0.576. The van der Waals surface area contributed by atoms with E-state index < -0.39 is 97.5 Å². The van der Waals surface area contributed by atoms with E-state index in [4.69, 9.17) is 37.0 Å². The smallest absolute Gasteiger partial charge is 0.462 e. The average Bonchev–Trinajstić information content (AvgIpc) is 3.51. The van der Waals surface area contributed by atoms with Crippen LogP contribution in [0.2, 0.25) is 0 Å². The van der Waals surface area contributed by atoms with Crippen LogP contribution in [0.3, 0.4) is 0 Å². The van der Waals surface area contributed by atoms with Crippen molar-refractivity contribution in [2.24, 2.45) is 11.8 Å². The number of carbonyl (C=O) groups excluding carboxylic acids is 4. The van der Waals surface area contributed by atoms with Gasteiger partial charge in [0.05, 0.1) is 26.4 Å². The molecule has 0 fully saturated rings. The van der Waals surface area contributed by atoms with Crippen molar-refractivity contribution in [3.63, 3.8) is 0 Å². The first-order chi connectivity index (χ1) is 40.4. The van der Waals surface area contributed by atoms with Gasteiger partial charge in [-0.05, 0) is 37.5 Å². The Morgan fingerprint density at radius 2 is 0.548 bits per heavy atom. The number of hydrogen-bond acceptors (Lipinski definition) is 15. The van der Waals surface area contributed by atoms with Crippen molar-refractivity contribution in [3.05, 3.63) is 0 Å². The van der Waals surface area contributed by atoms with Crippen LogP contribution in [0.4, 0.5) is 0 Å². The summed E-state index contributed by atoms with van der Waals surface area (Å²) in [6.45, 7) is 9.42. The van der Waals surface area contributed by atoms with E-state index in [2.05, 4.69) is 41.5 Å². The Morgan fingerprint density at radius 3 is 0.810 bits per heavy atom. The number of ether oxygens (including phenoxy) is 4. The van der Waals surface area contributed by atoms with E-state index in [0.29, 0.717) is 25.7 Å². The van der Waals surface area contributed by atoms with Crippen LogP contribution < -0.4 is 0 Å². The SMILES string of the molecule is CCCCCCCCCCC(=O)O[C@H](COC(=O)CCCCCCC)COP(=O)(O)OC[C@H](O)COP(=O)(O)OC[C@@H](COC(=O)CCCCCCCCCCCCCCC(C)C)OC(=O)CCCCCCCCCCCCCCCC(C)C. The number of phosphoric acid groups is 2. The maximum absolute atomic E-state index is 13.0. The molecule has 0 aliphatic heterocycles. The fraction of sp³-hybridized carbons (Fsp3) is 0.938. The maximum atomic E-state index is 13.0. The summed E-state index contributed by atoms with van der Waals surface area (Å²) in [5.41, 5.74) is 0. The summed E-state index contributed by atoms with van der Waals surface area (Å²) in [6, 6.07) is 0. The second-order valence-electron chi connectivity index (χ2n) is 24.5. The third kappa shape index (κ3) is 59.0. The Balaban J connectivity index is 5.15. The number of hydrogen-bond donors (Lipinski definition) is 3. The quantitative estimate of drug-likeness (QED) is 0.0222. The minimum absolute atomic E-state index is 0.104. The van der Waals surface area contributed by atoms with Crippen molar-refractivity contribution in [2.45, 2.75) is 342 Å². The average molecular weight is 1240 g/mol. The van der Waals surface area contributed by atoms with E-state index in [1.807, 2.05) is 0 Å². The highest BCUT2D eigenvalue weighted by Crippen LogP contribution is 2.45. The molecule has 3 N–H and O–H groups in total. The Hall–Kier alpha value is -1.94. The van der Waals surface area contributed by atoms with Crippen LogP contribution in [0, 0.1) is 11.8 Å². The number of carbonyl (C=O) groups is 4. The van der Waals surface area contributed by atoms with Crippen molar-refractivity contribution in [2.75, 3.05) is 39.6 Å². The molecule has 84 heavy (non-hydrogen) atoms. The van der Waals surface area contributed by atoms with Gasteiger partial charge < -0.3 is 33.8 Å². The molecule has 0 amide bonds. The van der Waals surface area contributed by atoms with Crippen molar-refractivity contribution < 1.29 is 80.2 Å². The van der Waals surface area contributed by atoms with Gasteiger partial charge >= 0.3 is 39.5 Å². The Labute approximate surface area is 511 Å². The van der Waals surface area contributed by atoms with Crippen molar-refractivity contribution >= 4 is 39.5 Å². The van der Waals surface area contributed by atoms with Crippen LogP contribution in [0.15, 0.2) is 0 Å². The lowest BCUT2D eigenvalue weighted by Gasteiger charge is -2.21. The molecule has 0 radical (unpaired) electrons. The van der Waals surface area contributed by atoms with Gasteiger partial charge in [-0.15, -0.1) is 0 Å². The summed E-state index contributed by atoms with van der Waals surface area (Å²) in [6.07, 6.45) is 40.7. The minimum atomic E-state index is -4.94. The van der Waals surface area contributed by atoms with E-state index in [0.717, 1.165) is 115 Å². The molecule has 19 heteroatoms. The zero-order valence-electron chi connectivity index (χ0n) is 54.2. The fourth-order valence-electron chi connectivity index (χ4n) is 9.71. The predicted molar refractivity (Wildman–Crippen MR) is 335 cm³/mol. The first-order valence-electron chi connectivity index (χ1n) is 34.0. The van der Waals surface area contributed by atoms with E-state index in [1.54, 1.807) is 0 Å². The largest absolute Gasteiger partial charge is 0.472 e. The van der Waals surface area contributed by atoms with Crippen LogP contribution in [0.1, 0.15) is 324 Å². The molecule has 0 spiro atoms. The Morgan fingerprint density at radius 1 is 0.321 bits per heavy atom. The first-order valence-corrected chi connectivity index (χ1v) is 37.0. The Kier molecular flexibility index (Phi) is 56.2. The molecule has 0 aliphatic carbocycles. The molecule has 0 aromatic carbocycles. The highest BCUT2D eigenvalue weighted by molar-refractivity contribution is 7.47. The molecular weight excluding hydrogens is 1110 g/mol. The summed E-state index contributed by atoms with van der Waals surface area (Å²) in [7, 11) is -9.88. The zero-order valence-corrected chi connectivity index (χ0v) is 56.0. The number of aliphatic hydroxyl groups is 1. The van der Waals surface area contributed by atoms with Crippen LogP contribution in [0.5, 0.6) is 0 Å².